The third-order valence-corrected chi connectivity index (χ3v) is 3.92. The van der Waals surface area contributed by atoms with E-state index < -0.39 is 0 Å². The first kappa shape index (κ1) is 14.8. The zero-order valence-electron chi connectivity index (χ0n) is 11.9. The van der Waals surface area contributed by atoms with Crippen LogP contribution in [0.3, 0.4) is 0 Å². The lowest BCUT2D eigenvalue weighted by Gasteiger charge is -2.33. The van der Waals surface area contributed by atoms with Crippen molar-refractivity contribution in [2.24, 2.45) is 11.7 Å². The zero-order valence-corrected chi connectivity index (χ0v) is 11.9. The Labute approximate surface area is 119 Å². The Morgan fingerprint density at radius 2 is 2.20 bits per heavy atom. The van der Waals surface area contributed by atoms with Gasteiger partial charge < -0.3 is 21.1 Å². The lowest BCUT2D eigenvalue weighted by Crippen LogP contribution is -2.42. The van der Waals surface area contributed by atoms with Gasteiger partial charge in [0.25, 0.3) is 0 Å². The molecule has 1 unspecified atom stereocenters. The van der Waals surface area contributed by atoms with Crippen LogP contribution in [0.15, 0.2) is 24.3 Å². The summed E-state index contributed by atoms with van der Waals surface area (Å²) in [7, 11) is 0. The van der Waals surface area contributed by atoms with Crippen LogP contribution in [0.25, 0.3) is 0 Å². The van der Waals surface area contributed by atoms with Crippen LogP contribution in [0.4, 0.5) is 10.5 Å². The first-order valence-electron chi connectivity index (χ1n) is 7.13. The molecule has 1 atom stereocenters. The smallest absolute Gasteiger partial charge is 0.321 e. The van der Waals surface area contributed by atoms with E-state index in [0.29, 0.717) is 25.6 Å². The highest BCUT2D eigenvalue weighted by Crippen LogP contribution is 2.21. The number of carbonyl (C=O) groups is 1. The molecule has 110 valence electrons. The van der Waals surface area contributed by atoms with E-state index in [0.717, 1.165) is 24.1 Å². The number of nitrogens with two attached hydrogens (primary N) is 1. The third-order valence-electron chi connectivity index (χ3n) is 3.92. The maximum Gasteiger partial charge on any atom is 0.321 e. The highest BCUT2D eigenvalue weighted by Gasteiger charge is 2.25. The Hall–Kier alpha value is -1.59. The molecule has 20 heavy (non-hydrogen) atoms. The maximum absolute atomic E-state index is 12.2. The summed E-state index contributed by atoms with van der Waals surface area (Å²) >= 11 is 0. The predicted molar refractivity (Wildman–Crippen MR) is 79.3 cm³/mol. The molecule has 1 aromatic carbocycles. The van der Waals surface area contributed by atoms with Crippen LogP contribution in [-0.4, -0.2) is 35.2 Å². The Balaban J connectivity index is 1.89. The number of hydrogen-bond acceptors (Lipinski definition) is 3. The van der Waals surface area contributed by atoms with Crippen molar-refractivity contribution in [2.45, 2.75) is 32.4 Å². The molecule has 1 saturated heterocycles. The first-order valence-corrected chi connectivity index (χ1v) is 7.13. The monoisotopic (exact) mass is 277 g/mol. The van der Waals surface area contributed by atoms with Gasteiger partial charge in [-0.25, -0.2) is 4.79 Å². The van der Waals surface area contributed by atoms with E-state index in [1.165, 1.54) is 0 Å². The second-order valence-electron chi connectivity index (χ2n) is 5.40. The Kier molecular flexibility index (Phi) is 4.98. The number of rotatable bonds is 3. The van der Waals surface area contributed by atoms with Gasteiger partial charge >= 0.3 is 6.03 Å². The lowest BCUT2D eigenvalue weighted by molar-refractivity contribution is 0.0820. The molecule has 0 saturated carbocycles. The van der Waals surface area contributed by atoms with E-state index in [1.54, 1.807) is 4.90 Å². The number of anilines is 1. The Morgan fingerprint density at radius 1 is 1.50 bits per heavy atom. The summed E-state index contributed by atoms with van der Waals surface area (Å²) in [5.74, 6) is 0.305. The molecule has 0 aliphatic carbocycles. The van der Waals surface area contributed by atoms with Crippen molar-refractivity contribution in [3.63, 3.8) is 0 Å². The summed E-state index contributed by atoms with van der Waals surface area (Å²) < 4.78 is 0. The molecule has 1 heterocycles. The van der Waals surface area contributed by atoms with E-state index in [9.17, 15) is 9.90 Å². The van der Waals surface area contributed by atoms with Crippen molar-refractivity contribution in [1.29, 1.82) is 0 Å². The van der Waals surface area contributed by atoms with Crippen LogP contribution in [0.1, 0.15) is 25.3 Å². The van der Waals surface area contributed by atoms with Gasteiger partial charge in [-0.2, -0.15) is 0 Å². The topological polar surface area (TPSA) is 78.6 Å². The fourth-order valence-electron chi connectivity index (χ4n) is 2.56. The second kappa shape index (κ2) is 6.72. The van der Waals surface area contributed by atoms with E-state index >= 15 is 0 Å². The number of amides is 2. The predicted octanol–water partition coefficient (Wildman–Crippen LogP) is 1.77. The van der Waals surface area contributed by atoms with Gasteiger partial charge in [0.1, 0.15) is 0 Å². The van der Waals surface area contributed by atoms with Gasteiger partial charge in [-0.15, -0.1) is 0 Å². The molecular weight excluding hydrogens is 254 g/mol. The number of nitrogens with one attached hydrogen (secondary N) is 1. The maximum atomic E-state index is 12.2. The number of benzene rings is 1. The molecule has 5 heteroatoms. The largest absolute Gasteiger partial charge is 0.393 e. The summed E-state index contributed by atoms with van der Waals surface area (Å²) in [6.45, 7) is 3.66. The fraction of sp³-hybridized carbons (Fsp3) is 0.533. The van der Waals surface area contributed by atoms with Gasteiger partial charge in [0.15, 0.2) is 0 Å². The number of aliphatic hydroxyl groups is 1. The molecule has 1 aromatic rings. The minimum atomic E-state index is -0.290. The Bertz CT molecular complexity index is 454. The molecule has 0 aromatic heterocycles. The normalized spacial score (nSPS) is 17.9. The van der Waals surface area contributed by atoms with Crippen LogP contribution in [0, 0.1) is 5.92 Å². The summed E-state index contributed by atoms with van der Waals surface area (Å²) in [6, 6.07) is 7.49. The third kappa shape index (κ3) is 3.71. The van der Waals surface area contributed by atoms with Gasteiger partial charge in [-0.05, 0) is 43.4 Å². The number of piperidine rings is 1. The quantitative estimate of drug-likeness (QED) is 0.788. The minimum Gasteiger partial charge on any atom is -0.393 e. The van der Waals surface area contributed by atoms with Crippen LogP contribution in [0.5, 0.6) is 0 Å². The molecule has 0 spiro atoms. The van der Waals surface area contributed by atoms with Crippen molar-refractivity contribution in [1.82, 2.24) is 4.90 Å². The molecule has 0 radical (unpaired) electrons. The fourth-order valence-corrected chi connectivity index (χ4v) is 2.56. The molecule has 1 fully saturated rings. The van der Waals surface area contributed by atoms with Crippen LogP contribution < -0.4 is 11.1 Å². The van der Waals surface area contributed by atoms with Crippen LogP contribution >= 0.6 is 0 Å². The molecule has 4 N–H and O–H groups in total. The van der Waals surface area contributed by atoms with Gasteiger partial charge in [0, 0.05) is 25.3 Å². The highest BCUT2D eigenvalue weighted by molar-refractivity contribution is 5.89. The standard InChI is InChI=1S/C15H23N3O2/c1-11(19)13-5-7-18(8-6-13)15(20)17-14-4-2-3-12(9-14)10-16/h2-4,9,11,13,19H,5-8,10,16H2,1H3,(H,17,20). The molecule has 0 bridgehead atoms. The second-order valence-corrected chi connectivity index (χ2v) is 5.40. The Morgan fingerprint density at radius 3 is 2.80 bits per heavy atom. The number of aliphatic hydroxyl groups excluding tert-OH is 1. The van der Waals surface area contributed by atoms with Gasteiger partial charge in [0.05, 0.1) is 6.10 Å². The molecule has 2 rings (SSSR count). The molecular formula is C15H23N3O2. The minimum absolute atomic E-state index is 0.0804. The zero-order chi connectivity index (χ0) is 14.5. The van der Waals surface area contributed by atoms with Gasteiger partial charge in [-0.3, -0.25) is 0 Å². The van der Waals surface area contributed by atoms with E-state index in [1.807, 2.05) is 31.2 Å². The van der Waals surface area contributed by atoms with Crippen molar-refractivity contribution in [2.75, 3.05) is 18.4 Å². The summed E-state index contributed by atoms with van der Waals surface area (Å²) in [4.78, 5) is 14.0. The average molecular weight is 277 g/mol. The van der Waals surface area contributed by atoms with E-state index in [-0.39, 0.29) is 12.1 Å². The van der Waals surface area contributed by atoms with Gasteiger partial charge in [0.2, 0.25) is 0 Å². The number of urea groups is 1. The molecule has 2 amide bonds. The van der Waals surface area contributed by atoms with Gasteiger partial charge in [-0.1, -0.05) is 12.1 Å². The molecule has 1 aliphatic heterocycles. The van der Waals surface area contributed by atoms with E-state index in [4.69, 9.17) is 5.73 Å². The van der Waals surface area contributed by atoms with Crippen molar-refractivity contribution < 1.29 is 9.90 Å². The van der Waals surface area contributed by atoms with Crippen molar-refractivity contribution >= 4 is 11.7 Å². The number of carbonyl (C=O) groups excluding carboxylic acids is 1. The van der Waals surface area contributed by atoms with Crippen molar-refractivity contribution in [3.05, 3.63) is 29.8 Å². The first-order chi connectivity index (χ1) is 9.60. The summed E-state index contributed by atoms with van der Waals surface area (Å²) in [6.07, 6.45) is 1.42. The van der Waals surface area contributed by atoms with Crippen molar-refractivity contribution in [3.8, 4) is 0 Å². The number of nitrogens with zero attached hydrogens (tertiary/aromatic N) is 1. The average Bonchev–Trinajstić information content (AvgIpc) is 2.47. The SMILES string of the molecule is CC(O)C1CCN(C(=O)Nc2cccc(CN)c2)CC1. The molecule has 1 aliphatic rings. The lowest BCUT2D eigenvalue weighted by atomic mass is 9.92. The summed E-state index contributed by atoms with van der Waals surface area (Å²) in [5.41, 5.74) is 7.36. The highest BCUT2D eigenvalue weighted by atomic mass is 16.3. The van der Waals surface area contributed by atoms with Crippen LogP contribution in [0.2, 0.25) is 0 Å². The molecule has 5 nitrogen and oxygen atoms in total. The number of hydrogen-bond donors (Lipinski definition) is 3. The number of likely N-dealkylation sites (tertiary alicyclic amines) is 1. The van der Waals surface area contributed by atoms with E-state index in [2.05, 4.69) is 5.32 Å². The van der Waals surface area contributed by atoms with Crippen LogP contribution in [-0.2, 0) is 6.54 Å². The summed E-state index contributed by atoms with van der Waals surface area (Å²) in [5, 5.41) is 12.5.